The number of nitrogens with zero attached hydrogens (tertiary/aromatic N) is 1. The molecular weight excluding hydrogens is 238 g/mol. The number of fused-ring (bicyclic) bond motifs is 1. The molecule has 1 heterocycles. The van der Waals surface area contributed by atoms with Crippen molar-refractivity contribution < 1.29 is 0 Å². The highest BCUT2D eigenvalue weighted by Crippen LogP contribution is 2.40. The third-order valence-corrected chi connectivity index (χ3v) is 3.51. The van der Waals surface area contributed by atoms with Crippen LogP contribution in [0.2, 0.25) is 0 Å². The molecule has 0 aliphatic heterocycles. The molecule has 1 aromatic heterocycles. The molecule has 0 bridgehead atoms. The van der Waals surface area contributed by atoms with Crippen molar-refractivity contribution >= 4 is 26.8 Å². The molecule has 1 aliphatic carbocycles. The zero-order valence-corrected chi connectivity index (χ0v) is 9.71. The van der Waals surface area contributed by atoms with Crippen molar-refractivity contribution in [2.45, 2.75) is 25.8 Å². The standard InChI is InChI=1S/C12H12BrN/c1-8-2-5-10-11(13)7-14(9-3-4-9)12(10)6-8/h2,5-7,9H,3-4H2,1H3. The first-order valence-electron chi connectivity index (χ1n) is 5.02. The third-order valence-electron chi connectivity index (χ3n) is 2.88. The van der Waals surface area contributed by atoms with Crippen LogP contribution in [0.1, 0.15) is 24.4 Å². The summed E-state index contributed by atoms with van der Waals surface area (Å²) in [5.74, 6) is 0. The van der Waals surface area contributed by atoms with E-state index in [-0.39, 0.29) is 0 Å². The number of rotatable bonds is 1. The number of hydrogen-bond acceptors (Lipinski definition) is 0. The molecule has 0 saturated heterocycles. The first kappa shape index (κ1) is 8.54. The molecule has 1 saturated carbocycles. The van der Waals surface area contributed by atoms with E-state index >= 15 is 0 Å². The van der Waals surface area contributed by atoms with Crippen LogP contribution in [0.15, 0.2) is 28.9 Å². The van der Waals surface area contributed by atoms with E-state index in [1.165, 1.54) is 33.8 Å². The first-order chi connectivity index (χ1) is 6.75. The molecule has 1 aromatic carbocycles. The average Bonchev–Trinajstić information content (AvgIpc) is 2.93. The van der Waals surface area contributed by atoms with E-state index in [0.717, 1.165) is 6.04 Å². The van der Waals surface area contributed by atoms with Gasteiger partial charge in [0.25, 0.3) is 0 Å². The van der Waals surface area contributed by atoms with Crippen molar-refractivity contribution in [1.82, 2.24) is 4.57 Å². The molecule has 14 heavy (non-hydrogen) atoms. The van der Waals surface area contributed by atoms with Gasteiger partial charge in [0.2, 0.25) is 0 Å². The Bertz CT molecular complexity index is 494. The van der Waals surface area contributed by atoms with E-state index in [9.17, 15) is 0 Å². The lowest BCUT2D eigenvalue weighted by Gasteiger charge is -2.02. The van der Waals surface area contributed by atoms with Gasteiger partial charge in [0.05, 0.1) is 0 Å². The monoisotopic (exact) mass is 249 g/mol. The van der Waals surface area contributed by atoms with Gasteiger partial charge in [-0.1, -0.05) is 12.1 Å². The molecule has 0 amide bonds. The Labute approximate surface area is 91.9 Å². The SMILES string of the molecule is Cc1ccc2c(Br)cn(C3CC3)c2c1. The number of hydrogen-bond donors (Lipinski definition) is 0. The summed E-state index contributed by atoms with van der Waals surface area (Å²) < 4.78 is 3.63. The molecule has 0 unspecified atom stereocenters. The van der Waals surface area contributed by atoms with Crippen molar-refractivity contribution in [3.8, 4) is 0 Å². The summed E-state index contributed by atoms with van der Waals surface area (Å²) in [6.07, 6.45) is 4.90. The minimum absolute atomic E-state index is 0.755. The second-order valence-electron chi connectivity index (χ2n) is 4.14. The minimum Gasteiger partial charge on any atom is -0.343 e. The van der Waals surface area contributed by atoms with Crippen molar-refractivity contribution in [2.75, 3.05) is 0 Å². The summed E-state index contributed by atoms with van der Waals surface area (Å²) in [6, 6.07) is 7.40. The van der Waals surface area contributed by atoms with Gasteiger partial charge in [0.1, 0.15) is 0 Å². The van der Waals surface area contributed by atoms with E-state index < -0.39 is 0 Å². The van der Waals surface area contributed by atoms with Crippen LogP contribution < -0.4 is 0 Å². The lowest BCUT2D eigenvalue weighted by Crippen LogP contribution is -1.90. The fraction of sp³-hybridized carbons (Fsp3) is 0.333. The predicted molar refractivity (Wildman–Crippen MR) is 62.6 cm³/mol. The first-order valence-corrected chi connectivity index (χ1v) is 5.82. The normalized spacial score (nSPS) is 16.4. The maximum absolute atomic E-state index is 3.62. The van der Waals surface area contributed by atoms with Crippen LogP contribution in [-0.2, 0) is 0 Å². The summed E-state index contributed by atoms with van der Waals surface area (Å²) in [7, 11) is 0. The molecule has 1 aliphatic rings. The molecule has 0 radical (unpaired) electrons. The molecule has 3 rings (SSSR count). The van der Waals surface area contributed by atoms with E-state index in [0.29, 0.717) is 0 Å². The molecule has 0 N–H and O–H groups in total. The van der Waals surface area contributed by atoms with Crippen molar-refractivity contribution in [1.29, 1.82) is 0 Å². The maximum Gasteiger partial charge on any atom is 0.0497 e. The molecular formula is C12H12BrN. The van der Waals surface area contributed by atoms with Crippen LogP contribution in [-0.4, -0.2) is 4.57 Å². The number of aryl methyl sites for hydroxylation is 1. The highest BCUT2D eigenvalue weighted by Gasteiger charge is 2.25. The lowest BCUT2D eigenvalue weighted by atomic mass is 10.2. The van der Waals surface area contributed by atoms with Gasteiger partial charge in [-0.25, -0.2) is 0 Å². The Hall–Kier alpha value is -0.760. The van der Waals surface area contributed by atoms with Crippen LogP contribution in [0.3, 0.4) is 0 Å². The smallest absolute Gasteiger partial charge is 0.0497 e. The topological polar surface area (TPSA) is 4.93 Å². The molecule has 1 nitrogen and oxygen atoms in total. The summed E-state index contributed by atoms with van der Waals surface area (Å²) >= 11 is 3.62. The average molecular weight is 250 g/mol. The summed E-state index contributed by atoms with van der Waals surface area (Å²) in [5.41, 5.74) is 2.71. The summed E-state index contributed by atoms with van der Waals surface area (Å²) in [4.78, 5) is 0. The van der Waals surface area contributed by atoms with Crippen molar-refractivity contribution in [2.24, 2.45) is 0 Å². The second kappa shape index (κ2) is 2.86. The van der Waals surface area contributed by atoms with Gasteiger partial charge in [-0.15, -0.1) is 0 Å². The lowest BCUT2D eigenvalue weighted by molar-refractivity contribution is 0.774. The van der Waals surface area contributed by atoms with Gasteiger partial charge in [0, 0.05) is 27.6 Å². The van der Waals surface area contributed by atoms with Crippen LogP contribution in [0.25, 0.3) is 10.9 Å². The Morgan fingerprint density at radius 3 is 2.86 bits per heavy atom. The van der Waals surface area contributed by atoms with Crippen LogP contribution in [0.5, 0.6) is 0 Å². The second-order valence-corrected chi connectivity index (χ2v) is 4.99. The molecule has 2 aromatic rings. The van der Waals surface area contributed by atoms with Gasteiger partial charge in [-0.2, -0.15) is 0 Å². The fourth-order valence-corrected chi connectivity index (χ4v) is 2.53. The highest BCUT2D eigenvalue weighted by molar-refractivity contribution is 9.10. The molecule has 2 heteroatoms. The molecule has 0 spiro atoms. The Morgan fingerprint density at radius 1 is 1.36 bits per heavy atom. The quantitative estimate of drug-likeness (QED) is 0.719. The van der Waals surface area contributed by atoms with Gasteiger partial charge in [0.15, 0.2) is 0 Å². The molecule has 1 fully saturated rings. The highest BCUT2D eigenvalue weighted by atomic mass is 79.9. The largest absolute Gasteiger partial charge is 0.343 e. The van der Waals surface area contributed by atoms with Gasteiger partial charge >= 0.3 is 0 Å². The Morgan fingerprint density at radius 2 is 2.14 bits per heavy atom. The van der Waals surface area contributed by atoms with Crippen LogP contribution in [0.4, 0.5) is 0 Å². The summed E-state index contributed by atoms with van der Waals surface area (Å²) in [5, 5.41) is 1.34. The number of aromatic nitrogens is 1. The van der Waals surface area contributed by atoms with Gasteiger partial charge < -0.3 is 4.57 Å². The van der Waals surface area contributed by atoms with E-state index in [4.69, 9.17) is 0 Å². The molecule has 0 atom stereocenters. The maximum atomic E-state index is 3.62. The summed E-state index contributed by atoms with van der Waals surface area (Å²) in [6.45, 7) is 2.15. The zero-order chi connectivity index (χ0) is 9.71. The van der Waals surface area contributed by atoms with Crippen molar-refractivity contribution in [3.63, 3.8) is 0 Å². The third kappa shape index (κ3) is 1.21. The minimum atomic E-state index is 0.755. The van der Waals surface area contributed by atoms with Gasteiger partial charge in [-0.05, 0) is 47.3 Å². The number of halogens is 1. The van der Waals surface area contributed by atoms with Crippen LogP contribution in [0, 0.1) is 6.92 Å². The van der Waals surface area contributed by atoms with E-state index in [1.54, 1.807) is 0 Å². The Balaban J connectivity index is 2.33. The fourth-order valence-electron chi connectivity index (χ4n) is 1.97. The Kier molecular flexibility index (Phi) is 1.75. The predicted octanol–water partition coefficient (Wildman–Crippen LogP) is 4.05. The van der Waals surface area contributed by atoms with Crippen molar-refractivity contribution in [3.05, 3.63) is 34.4 Å². The van der Waals surface area contributed by atoms with Gasteiger partial charge in [-0.3, -0.25) is 0 Å². The van der Waals surface area contributed by atoms with E-state index in [1.807, 2.05) is 0 Å². The number of benzene rings is 1. The van der Waals surface area contributed by atoms with Crippen LogP contribution >= 0.6 is 15.9 Å². The molecule has 72 valence electrons. The van der Waals surface area contributed by atoms with E-state index in [2.05, 4.69) is 51.8 Å². The zero-order valence-electron chi connectivity index (χ0n) is 8.13.